The lowest BCUT2D eigenvalue weighted by Gasteiger charge is -2.30. The second-order valence-corrected chi connectivity index (χ2v) is 6.68. The molecule has 7 heteroatoms. The smallest absolute Gasteiger partial charge is 0.251 e. The summed E-state index contributed by atoms with van der Waals surface area (Å²) in [5, 5.41) is 9.16. The Morgan fingerprint density at radius 1 is 1.28 bits per heavy atom. The molecular formula is C18H31IN4O2. The molecule has 0 saturated carbocycles. The largest absolute Gasteiger partial charge is 0.379 e. The Bertz CT molecular complexity index is 570. The van der Waals surface area contributed by atoms with E-state index in [0.29, 0.717) is 24.6 Å². The van der Waals surface area contributed by atoms with Crippen molar-refractivity contribution < 1.29 is 9.53 Å². The minimum Gasteiger partial charge on any atom is -0.379 e. The Morgan fingerprint density at radius 2 is 1.96 bits per heavy atom. The number of carbonyl (C=O) groups excluding carboxylic acids is 1. The second-order valence-electron chi connectivity index (χ2n) is 6.68. The fraction of sp³-hybridized carbons (Fsp3) is 0.556. The quantitative estimate of drug-likeness (QED) is 0.345. The van der Waals surface area contributed by atoms with Crippen LogP contribution in [0, 0.1) is 5.41 Å². The van der Waals surface area contributed by atoms with Gasteiger partial charge in [-0.1, -0.05) is 32.9 Å². The van der Waals surface area contributed by atoms with Crippen LogP contribution < -0.4 is 16.0 Å². The number of guanidine groups is 1. The average Bonchev–Trinajstić information content (AvgIpc) is 2.56. The maximum atomic E-state index is 11.7. The highest BCUT2D eigenvalue weighted by Crippen LogP contribution is 2.20. The van der Waals surface area contributed by atoms with Gasteiger partial charge < -0.3 is 20.7 Å². The standard InChI is InChI=1S/C18H30N4O2.HI/c1-18(2,3)15(24-6)12-22-17(20-5)21-11-13-8-7-9-14(10-13)16(23)19-4;/h7-10,15H,11-12H2,1-6H3,(H,19,23)(H2,20,21,22);1H. The molecule has 0 bridgehead atoms. The number of amides is 1. The SMILES string of the molecule is CN=C(NCc1cccc(C(=O)NC)c1)NCC(OC)C(C)(C)C.I. The highest BCUT2D eigenvalue weighted by atomic mass is 127. The molecule has 1 aromatic carbocycles. The first-order valence-corrected chi connectivity index (χ1v) is 8.10. The number of ether oxygens (including phenoxy) is 1. The number of carbonyl (C=O) groups is 1. The van der Waals surface area contributed by atoms with E-state index in [4.69, 9.17) is 4.74 Å². The second kappa shape index (κ2) is 11.3. The molecule has 1 atom stereocenters. The minimum absolute atomic E-state index is 0. The van der Waals surface area contributed by atoms with E-state index < -0.39 is 0 Å². The third-order valence-corrected chi connectivity index (χ3v) is 3.81. The Hall–Kier alpha value is -1.35. The van der Waals surface area contributed by atoms with Crippen LogP contribution in [-0.2, 0) is 11.3 Å². The van der Waals surface area contributed by atoms with Crippen LogP contribution in [0.15, 0.2) is 29.3 Å². The predicted molar refractivity (Wildman–Crippen MR) is 114 cm³/mol. The van der Waals surface area contributed by atoms with Crippen LogP contribution in [0.1, 0.15) is 36.7 Å². The van der Waals surface area contributed by atoms with Gasteiger partial charge in [0.05, 0.1) is 6.10 Å². The van der Waals surface area contributed by atoms with Gasteiger partial charge in [0.15, 0.2) is 5.96 Å². The fourth-order valence-corrected chi connectivity index (χ4v) is 2.31. The van der Waals surface area contributed by atoms with Crippen LogP contribution in [-0.4, -0.2) is 45.7 Å². The normalized spacial score (nSPS) is 12.8. The first-order chi connectivity index (χ1) is 11.3. The summed E-state index contributed by atoms with van der Waals surface area (Å²) >= 11 is 0. The molecule has 0 heterocycles. The first-order valence-electron chi connectivity index (χ1n) is 8.10. The molecule has 0 spiro atoms. The number of benzene rings is 1. The Balaban J connectivity index is 0.00000576. The van der Waals surface area contributed by atoms with Crippen molar-refractivity contribution >= 4 is 35.8 Å². The summed E-state index contributed by atoms with van der Waals surface area (Å²) in [6.07, 6.45) is 0.0765. The van der Waals surface area contributed by atoms with Crippen molar-refractivity contribution in [1.82, 2.24) is 16.0 Å². The molecule has 1 aromatic rings. The molecule has 0 radical (unpaired) electrons. The monoisotopic (exact) mass is 462 g/mol. The number of nitrogens with one attached hydrogen (secondary N) is 3. The summed E-state index contributed by atoms with van der Waals surface area (Å²) in [4.78, 5) is 15.9. The molecule has 0 aromatic heterocycles. The maximum Gasteiger partial charge on any atom is 0.251 e. The van der Waals surface area contributed by atoms with Gasteiger partial charge in [0.25, 0.3) is 5.91 Å². The third-order valence-electron chi connectivity index (χ3n) is 3.81. The summed E-state index contributed by atoms with van der Waals surface area (Å²) in [7, 11) is 5.08. The van der Waals surface area contributed by atoms with E-state index in [1.807, 2.05) is 18.2 Å². The Kier molecular flexibility index (Phi) is 10.7. The Labute approximate surface area is 168 Å². The molecule has 0 aliphatic carbocycles. The lowest BCUT2D eigenvalue weighted by molar-refractivity contribution is 0.0205. The summed E-state index contributed by atoms with van der Waals surface area (Å²) in [6, 6.07) is 7.51. The lowest BCUT2D eigenvalue weighted by Crippen LogP contribution is -2.45. The molecule has 0 aliphatic rings. The zero-order chi connectivity index (χ0) is 18.2. The molecule has 25 heavy (non-hydrogen) atoms. The van der Waals surface area contributed by atoms with Crippen LogP contribution in [0.5, 0.6) is 0 Å². The van der Waals surface area contributed by atoms with Gasteiger partial charge in [-0.2, -0.15) is 0 Å². The van der Waals surface area contributed by atoms with Gasteiger partial charge in [-0.25, -0.2) is 0 Å². The summed E-state index contributed by atoms with van der Waals surface area (Å²) in [6.45, 7) is 7.67. The van der Waals surface area contributed by atoms with E-state index in [9.17, 15) is 4.79 Å². The van der Waals surface area contributed by atoms with Crippen LogP contribution >= 0.6 is 24.0 Å². The number of nitrogens with zero attached hydrogens (tertiary/aromatic N) is 1. The van der Waals surface area contributed by atoms with Crippen LogP contribution in [0.4, 0.5) is 0 Å². The topological polar surface area (TPSA) is 74.8 Å². The van der Waals surface area contributed by atoms with Crippen molar-refractivity contribution in [1.29, 1.82) is 0 Å². The number of aliphatic imine (C=N–C) groups is 1. The number of halogens is 1. The van der Waals surface area contributed by atoms with Crippen molar-refractivity contribution in [2.75, 3.05) is 27.7 Å². The summed E-state index contributed by atoms with van der Waals surface area (Å²) in [5.41, 5.74) is 1.70. The maximum absolute atomic E-state index is 11.7. The molecule has 1 rings (SSSR count). The van der Waals surface area contributed by atoms with Crippen molar-refractivity contribution in [2.45, 2.75) is 33.4 Å². The molecule has 3 N–H and O–H groups in total. The minimum atomic E-state index is -0.0903. The van der Waals surface area contributed by atoms with Crippen molar-refractivity contribution in [3.05, 3.63) is 35.4 Å². The van der Waals surface area contributed by atoms with Gasteiger partial charge in [0, 0.05) is 39.9 Å². The van der Waals surface area contributed by atoms with Gasteiger partial charge in [-0.3, -0.25) is 9.79 Å². The van der Waals surface area contributed by atoms with Crippen LogP contribution in [0.2, 0.25) is 0 Å². The van der Waals surface area contributed by atoms with Crippen LogP contribution in [0.25, 0.3) is 0 Å². The summed E-state index contributed by atoms with van der Waals surface area (Å²) in [5.74, 6) is 0.610. The number of hydrogen-bond donors (Lipinski definition) is 3. The first kappa shape index (κ1) is 23.6. The highest BCUT2D eigenvalue weighted by molar-refractivity contribution is 14.0. The highest BCUT2D eigenvalue weighted by Gasteiger charge is 2.24. The number of rotatable bonds is 6. The number of hydrogen-bond acceptors (Lipinski definition) is 3. The molecule has 0 saturated heterocycles. The van der Waals surface area contributed by atoms with E-state index in [0.717, 1.165) is 5.56 Å². The van der Waals surface area contributed by atoms with Gasteiger partial charge in [0.1, 0.15) is 0 Å². The van der Waals surface area contributed by atoms with E-state index in [1.165, 1.54) is 0 Å². The molecule has 142 valence electrons. The van der Waals surface area contributed by atoms with Gasteiger partial charge in [-0.15, -0.1) is 24.0 Å². The average molecular weight is 462 g/mol. The molecule has 0 fully saturated rings. The van der Waals surface area contributed by atoms with Gasteiger partial charge in [0.2, 0.25) is 0 Å². The summed E-state index contributed by atoms with van der Waals surface area (Å²) < 4.78 is 5.54. The molecule has 0 aliphatic heterocycles. The fourth-order valence-electron chi connectivity index (χ4n) is 2.31. The number of methoxy groups -OCH3 is 1. The van der Waals surface area contributed by atoms with Crippen LogP contribution in [0.3, 0.4) is 0 Å². The zero-order valence-corrected chi connectivity index (χ0v) is 18.3. The predicted octanol–water partition coefficient (Wildman–Crippen LogP) is 2.39. The molecule has 1 unspecified atom stereocenters. The van der Waals surface area contributed by atoms with E-state index in [-0.39, 0.29) is 41.4 Å². The molecule has 6 nitrogen and oxygen atoms in total. The van der Waals surface area contributed by atoms with Gasteiger partial charge >= 0.3 is 0 Å². The zero-order valence-electron chi connectivity index (χ0n) is 16.0. The Morgan fingerprint density at radius 3 is 2.48 bits per heavy atom. The third kappa shape index (κ3) is 8.04. The van der Waals surface area contributed by atoms with Crippen molar-refractivity contribution in [3.63, 3.8) is 0 Å². The van der Waals surface area contributed by atoms with Gasteiger partial charge in [-0.05, 0) is 23.1 Å². The van der Waals surface area contributed by atoms with Crippen molar-refractivity contribution in [3.8, 4) is 0 Å². The van der Waals surface area contributed by atoms with E-state index in [2.05, 4.69) is 41.7 Å². The van der Waals surface area contributed by atoms with E-state index in [1.54, 1.807) is 27.3 Å². The molecule has 1 amide bonds. The molecular weight excluding hydrogens is 431 g/mol. The lowest BCUT2D eigenvalue weighted by atomic mass is 9.89. The van der Waals surface area contributed by atoms with Crippen molar-refractivity contribution in [2.24, 2.45) is 10.4 Å². The van der Waals surface area contributed by atoms with E-state index >= 15 is 0 Å².